The summed E-state index contributed by atoms with van der Waals surface area (Å²) in [4.78, 5) is 14.8. The van der Waals surface area contributed by atoms with Crippen LogP contribution in [0.2, 0.25) is 0 Å². The molecule has 0 radical (unpaired) electrons. The maximum absolute atomic E-state index is 10.8. The number of aromatic carboxylic acids is 1. The standard InChI is InChI=1S/C11H11NO3/c1-4-8(3)15-10-9(11(13)14)6-5-7(2)12-10/h1,5-6,8H,2-3H3,(H,13,14). The van der Waals surface area contributed by atoms with Crippen molar-refractivity contribution in [2.24, 2.45) is 0 Å². The van der Waals surface area contributed by atoms with Gasteiger partial charge in [-0.1, -0.05) is 5.92 Å². The highest BCUT2D eigenvalue weighted by Crippen LogP contribution is 2.17. The van der Waals surface area contributed by atoms with Gasteiger partial charge in [0.05, 0.1) is 0 Å². The zero-order chi connectivity index (χ0) is 11.4. The van der Waals surface area contributed by atoms with E-state index in [2.05, 4.69) is 10.9 Å². The van der Waals surface area contributed by atoms with Gasteiger partial charge in [-0.25, -0.2) is 9.78 Å². The SMILES string of the molecule is C#CC(C)Oc1nc(C)ccc1C(=O)O. The predicted octanol–water partition coefficient (Wildman–Crippen LogP) is 1.49. The van der Waals surface area contributed by atoms with Gasteiger partial charge in [0.15, 0.2) is 6.10 Å². The van der Waals surface area contributed by atoms with Crippen LogP contribution >= 0.6 is 0 Å². The molecule has 1 rings (SSSR count). The van der Waals surface area contributed by atoms with Crippen molar-refractivity contribution in [1.82, 2.24) is 4.98 Å². The summed E-state index contributed by atoms with van der Waals surface area (Å²) in [6, 6.07) is 3.06. The van der Waals surface area contributed by atoms with Crippen LogP contribution in [0.15, 0.2) is 12.1 Å². The van der Waals surface area contributed by atoms with Gasteiger partial charge in [-0.2, -0.15) is 0 Å². The summed E-state index contributed by atoms with van der Waals surface area (Å²) in [7, 11) is 0. The normalized spacial score (nSPS) is 11.5. The van der Waals surface area contributed by atoms with E-state index in [-0.39, 0.29) is 11.4 Å². The number of ether oxygens (including phenoxy) is 1. The van der Waals surface area contributed by atoms with Gasteiger partial charge in [-0.3, -0.25) is 0 Å². The fourth-order valence-electron chi connectivity index (χ4n) is 0.987. The Labute approximate surface area is 87.9 Å². The summed E-state index contributed by atoms with van der Waals surface area (Å²) in [5, 5.41) is 8.87. The molecule has 0 saturated carbocycles. The molecule has 0 aliphatic carbocycles. The smallest absolute Gasteiger partial charge is 0.341 e. The van der Waals surface area contributed by atoms with Crippen molar-refractivity contribution in [2.75, 3.05) is 0 Å². The zero-order valence-corrected chi connectivity index (χ0v) is 8.52. The van der Waals surface area contributed by atoms with Crippen LogP contribution in [0.3, 0.4) is 0 Å². The van der Waals surface area contributed by atoms with Crippen LogP contribution in [-0.2, 0) is 0 Å². The molecule has 4 nitrogen and oxygen atoms in total. The van der Waals surface area contributed by atoms with E-state index in [1.165, 1.54) is 6.07 Å². The Bertz CT molecular complexity index is 420. The van der Waals surface area contributed by atoms with Crippen LogP contribution < -0.4 is 4.74 Å². The minimum absolute atomic E-state index is 0.0164. The van der Waals surface area contributed by atoms with Gasteiger partial charge in [-0.05, 0) is 26.0 Å². The number of pyridine rings is 1. The van der Waals surface area contributed by atoms with Gasteiger partial charge in [0.2, 0.25) is 5.88 Å². The predicted molar refractivity (Wildman–Crippen MR) is 54.9 cm³/mol. The molecule has 0 aliphatic rings. The second-order valence-corrected chi connectivity index (χ2v) is 3.04. The van der Waals surface area contributed by atoms with Gasteiger partial charge in [0.25, 0.3) is 0 Å². The highest BCUT2D eigenvalue weighted by Gasteiger charge is 2.14. The molecule has 0 aromatic carbocycles. The molecule has 1 heterocycles. The molecule has 78 valence electrons. The number of aromatic nitrogens is 1. The Morgan fingerprint density at radius 3 is 2.87 bits per heavy atom. The van der Waals surface area contributed by atoms with Crippen molar-refractivity contribution in [3.8, 4) is 18.2 Å². The second kappa shape index (κ2) is 4.47. The lowest BCUT2D eigenvalue weighted by atomic mass is 10.2. The number of carbonyl (C=O) groups is 1. The third-order valence-corrected chi connectivity index (χ3v) is 1.75. The number of terminal acetylenes is 1. The number of rotatable bonds is 3. The highest BCUT2D eigenvalue weighted by molar-refractivity contribution is 5.90. The Balaban J connectivity index is 3.08. The minimum atomic E-state index is -1.08. The molecular formula is C11H11NO3. The zero-order valence-electron chi connectivity index (χ0n) is 8.52. The molecule has 1 N–H and O–H groups in total. The first-order chi connectivity index (χ1) is 7.04. The molecule has 1 atom stereocenters. The summed E-state index contributed by atoms with van der Waals surface area (Å²) in [6.07, 6.45) is 4.63. The van der Waals surface area contributed by atoms with E-state index in [1.807, 2.05) is 0 Å². The third kappa shape index (κ3) is 2.71. The average Bonchev–Trinajstić information content (AvgIpc) is 2.17. The number of hydrogen-bond donors (Lipinski definition) is 1. The second-order valence-electron chi connectivity index (χ2n) is 3.04. The van der Waals surface area contributed by atoms with Crippen LogP contribution in [0.5, 0.6) is 5.88 Å². The van der Waals surface area contributed by atoms with Gasteiger partial charge in [-0.15, -0.1) is 6.42 Å². The van der Waals surface area contributed by atoms with E-state index < -0.39 is 12.1 Å². The number of carboxylic acids is 1. The van der Waals surface area contributed by atoms with Crippen molar-refractivity contribution < 1.29 is 14.6 Å². The lowest BCUT2D eigenvalue weighted by Gasteiger charge is -2.10. The molecule has 0 spiro atoms. The van der Waals surface area contributed by atoms with Crippen molar-refractivity contribution >= 4 is 5.97 Å². The molecule has 4 heteroatoms. The first kappa shape index (κ1) is 11.1. The number of hydrogen-bond acceptors (Lipinski definition) is 3. The van der Waals surface area contributed by atoms with E-state index in [0.29, 0.717) is 5.69 Å². The van der Waals surface area contributed by atoms with E-state index >= 15 is 0 Å². The molecule has 1 unspecified atom stereocenters. The van der Waals surface area contributed by atoms with Gasteiger partial charge in [0.1, 0.15) is 5.56 Å². The van der Waals surface area contributed by atoms with E-state index in [4.69, 9.17) is 16.3 Å². The lowest BCUT2D eigenvalue weighted by molar-refractivity contribution is 0.0690. The highest BCUT2D eigenvalue weighted by atomic mass is 16.5. The summed E-state index contributed by atoms with van der Waals surface area (Å²) in [6.45, 7) is 3.40. The first-order valence-corrected chi connectivity index (χ1v) is 4.38. The number of nitrogens with zero attached hydrogens (tertiary/aromatic N) is 1. The van der Waals surface area contributed by atoms with Gasteiger partial charge in [0, 0.05) is 5.69 Å². The molecule has 1 aromatic heterocycles. The average molecular weight is 205 g/mol. The lowest BCUT2D eigenvalue weighted by Crippen LogP contribution is -2.13. The van der Waals surface area contributed by atoms with Crippen LogP contribution in [0.25, 0.3) is 0 Å². The fraction of sp³-hybridized carbons (Fsp3) is 0.273. The molecular weight excluding hydrogens is 194 g/mol. The van der Waals surface area contributed by atoms with Crippen molar-refractivity contribution in [2.45, 2.75) is 20.0 Å². The number of carboxylic acid groups (broad SMARTS) is 1. The quantitative estimate of drug-likeness (QED) is 0.759. The topological polar surface area (TPSA) is 59.4 Å². The van der Waals surface area contributed by atoms with Crippen molar-refractivity contribution in [1.29, 1.82) is 0 Å². The molecule has 0 amide bonds. The minimum Gasteiger partial charge on any atom is -0.477 e. The molecule has 15 heavy (non-hydrogen) atoms. The fourth-order valence-corrected chi connectivity index (χ4v) is 0.987. The van der Waals surface area contributed by atoms with Crippen LogP contribution in [0.1, 0.15) is 23.0 Å². The summed E-state index contributed by atoms with van der Waals surface area (Å²) >= 11 is 0. The Morgan fingerprint density at radius 1 is 1.67 bits per heavy atom. The number of aryl methyl sites for hydroxylation is 1. The monoisotopic (exact) mass is 205 g/mol. The Hall–Kier alpha value is -2.02. The Morgan fingerprint density at radius 2 is 2.33 bits per heavy atom. The third-order valence-electron chi connectivity index (χ3n) is 1.75. The van der Waals surface area contributed by atoms with Crippen LogP contribution in [0.4, 0.5) is 0 Å². The van der Waals surface area contributed by atoms with Crippen LogP contribution in [-0.4, -0.2) is 22.2 Å². The van der Waals surface area contributed by atoms with Crippen molar-refractivity contribution in [3.63, 3.8) is 0 Å². The largest absolute Gasteiger partial charge is 0.477 e. The molecule has 1 aromatic rings. The van der Waals surface area contributed by atoms with Gasteiger partial charge < -0.3 is 9.84 Å². The summed E-state index contributed by atoms with van der Waals surface area (Å²) in [5.74, 6) is 1.33. The van der Waals surface area contributed by atoms with Gasteiger partial charge >= 0.3 is 5.97 Å². The van der Waals surface area contributed by atoms with E-state index in [9.17, 15) is 4.79 Å². The molecule has 0 saturated heterocycles. The maximum Gasteiger partial charge on any atom is 0.341 e. The molecule has 0 aliphatic heterocycles. The maximum atomic E-state index is 10.8. The molecule has 0 fully saturated rings. The summed E-state index contributed by atoms with van der Waals surface area (Å²) in [5.41, 5.74) is 0.696. The van der Waals surface area contributed by atoms with E-state index in [0.717, 1.165) is 0 Å². The van der Waals surface area contributed by atoms with Crippen LogP contribution in [0, 0.1) is 19.3 Å². The molecule has 0 bridgehead atoms. The summed E-state index contributed by atoms with van der Waals surface area (Å²) < 4.78 is 5.21. The Kier molecular flexibility index (Phi) is 3.29. The van der Waals surface area contributed by atoms with Crippen molar-refractivity contribution in [3.05, 3.63) is 23.4 Å². The van der Waals surface area contributed by atoms with E-state index in [1.54, 1.807) is 19.9 Å². The first-order valence-electron chi connectivity index (χ1n) is 4.38.